The number of benzene rings is 1. The Bertz CT molecular complexity index is 633. The van der Waals surface area contributed by atoms with Gasteiger partial charge in [0.15, 0.2) is 0 Å². The second kappa shape index (κ2) is 4.59. The fraction of sp³-hybridized carbons (Fsp3) is 0.167. The first kappa shape index (κ1) is 11.7. The van der Waals surface area contributed by atoms with Crippen molar-refractivity contribution in [3.8, 4) is 0 Å². The number of carbonyl (C=O) groups is 1. The standard InChI is InChI=1S/C12H10ClNO3/c1-2-17-12(16)10-9(13)7-5-3-4-6-8(7)11(15)14-10/h3-6H,2H2,1H3,(H,14,15). The number of aromatic amines is 1. The second-order valence-electron chi connectivity index (χ2n) is 3.41. The number of ether oxygens (including phenoxy) is 1. The molecule has 0 aliphatic carbocycles. The Morgan fingerprint density at radius 1 is 1.35 bits per heavy atom. The first-order chi connectivity index (χ1) is 8.15. The van der Waals surface area contributed by atoms with Crippen LogP contribution in [-0.4, -0.2) is 17.6 Å². The fourth-order valence-corrected chi connectivity index (χ4v) is 1.88. The van der Waals surface area contributed by atoms with Gasteiger partial charge in [-0.2, -0.15) is 0 Å². The van der Waals surface area contributed by atoms with Crippen molar-refractivity contribution in [3.63, 3.8) is 0 Å². The second-order valence-corrected chi connectivity index (χ2v) is 3.79. The average molecular weight is 252 g/mol. The minimum Gasteiger partial charge on any atom is -0.461 e. The lowest BCUT2D eigenvalue weighted by Gasteiger charge is -2.06. The van der Waals surface area contributed by atoms with Gasteiger partial charge in [0.05, 0.1) is 11.6 Å². The molecule has 0 spiro atoms. The highest BCUT2D eigenvalue weighted by molar-refractivity contribution is 6.38. The summed E-state index contributed by atoms with van der Waals surface area (Å²) in [7, 11) is 0. The molecule has 0 saturated heterocycles. The van der Waals surface area contributed by atoms with Gasteiger partial charge in [-0.3, -0.25) is 4.79 Å². The lowest BCUT2D eigenvalue weighted by molar-refractivity contribution is 0.0519. The minimum atomic E-state index is -0.625. The summed E-state index contributed by atoms with van der Waals surface area (Å²) in [5.41, 5.74) is -0.356. The molecule has 0 saturated carbocycles. The molecule has 1 aromatic carbocycles. The Morgan fingerprint density at radius 3 is 2.65 bits per heavy atom. The monoisotopic (exact) mass is 251 g/mol. The SMILES string of the molecule is CCOC(=O)c1[nH]c(=O)c2ccccc2c1Cl. The molecule has 2 rings (SSSR count). The summed E-state index contributed by atoms with van der Waals surface area (Å²) in [6, 6.07) is 6.82. The molecule has 2 aromatic rings. The smallest absolute Gasteiger partial charge is 0.356 e. The number of esters is 1. The highest BCUT2D eigenvalue weighted by atomic mass is 35.5. The molecule has 0 bridgehead atoms. The summed E-state index contributed by atoms with van der Waals surface area (Å²) in [4.78, 5) is 25.8. The summed E-state index contributed by atoms with van der Waals surface area (Å²) >= 11 is 6.07. The molecular formula is C12H10ClNO3. The number of fused-ring (bicyclic) bond motifs is 1. The molecule has 0 radical (unpaired) electrons. The van der Waals surface area contributed by atoms with Crippen molar-refractivity contribution in [3.05, 3.63) is 45.3 Å². The van der Waals surface area contributed by atoms with Gasteiger partial charge in [-0.1, -0.05) is 29.8 Å². The van der Waals surface area contributed by atoms with E-state index in [1.807, 2.05) is 0 Å². The van der Waals surface area contributed by atoms with Crippen molar-refractivity contribution in [1.29, 1.82) is 0 Å². The maximum atomic E-state index is 11.7. The zero-order valence-corrected chi connectivity index (χ0v) is 9.88. The molecule has 88 valence electrons. The van der Waals surface area contributed by atoms with Crippen molar-refractivity contribution in [2.75, 3.05) is 6.61 Å². The van der Waals surface area contributed by atoms with Crippen molar-refractivity contribution in [2.45, 2.75) is 6.92 Å². The third-order valence-electron chi connectivity index (χ3n) is 2.35. The molecule has 1 aromatic heterocycles. The van der Waals surface area contributed by atoms with Crippen LogP contribution in [0.4, 0.5) is 0 Å². The van der Waals surface area contributed by atoms with Crippen LogP contribution >= 0.6 is 11.6 Å². The number of rotatable bonds is 2. The molecule has 0 aliphatic rings. The van der Waals surface area contributed by atoms with Crippen LogP contribution in [0.25, 0.3) is 10.8 Å². The van der Waals surface area contributed by atoms with E-state index in [1.165, 1.54) is 0 Å². The van der Waals surface area contributed by atoms with Crippen molar-refractivity contribution in [2.24, 2.45) is 0 Å². The predicted molar refractivity (Wildman–Crippen MR) is 65.5 cm³/mol. The van der Waals surface area contributed by atoms with Gasteiger partial charge in [0.1, 0.15) is 5.69 Å². The Balaban J connectivity index is 2.71. The third kappa shape index (κ3) is 2.03. The minimum absolute atomic E-state index is 0.00258. The van der Waals surface area contributed by atoms with Crippen LogP contribution in [0.2, 0.25) is 5.02 Å². The number of aromatic nitrogens is 1. The maximum absolute atomic E-state index is 11.7. The first-order valence-corrected chi connectivity index (χ1v) is 5.50. The van der Waals surface area contributed by atoms with E-state index in [0.29, 0.717) is 10.8 Å². The number of hydrogen-bond donors (Lipinski definition) is 1. The molecule has 1 heterocycles. The van der Waals surface area contributed by atoms with Crippen molar-refractivity contribution >= 4 is 28.3 Å². The normalized spacial score (nSPS) is 10.5. The van der Waals surface area contributed by atoms with E-state index in [-0.39, 0.29) is 22.9 Å². The predicted octanol–water partition coefficient (Wildman–Crippen LogP) is 2.36. The van der Waals surface area contributed by atoms with Crippen LogP contribution in [0.3, 0.4) is 0 Å². The van der Waals surface area contributed by atoms with Crippen LogP contribution in [0.15, 0.2) is 29.1 Å². The van der Waals surface area contributed by atoms with Crippen LogP contribution in [-0.2, 0) is 4.74 Å². The summed E-state index contributed by atoms with van der Waals surface area (Å²) in [5.74, 6) is -0.625. The van der Waals surface area contributed by atoms with Gasteiger partial charge in [-0.25, -0.2) is 4.79 Å². The summed E-state index contributed by atoms with van der Waals surface area (Å²) in [5, 5.41) is 1.20. The first-order valence-electron chi connectivity index (χ1n) is 5.12. The van der Waals surface area contributed by atoms with Gasteiger partial charge >= 0.3 is 5.97 Å². The third-order valence-corrected chi connectivity index (χ3v) is 2.74. The largest absolute Gasteiger partial charge is 0.461 e. The number of pyridine rings is 1. The van der Waals surface area contributed by atoms with Crippen LogP contribution in [0.1, 0.15) is 17.4 Å². The molecule has 0 fully saturated rings. The Labute approximate surface area is 102 Å². The summed E-state index contributed by atoms with van der Waals surface area (Å²) in [6.45, 7) is 1.91. The molecule has 0 aliphatic heterocycles. The van der Waals surface area contributed by atoms with Crippen molar-refractivity contribution in [1.82, 2.24) is 4.98 Å². The summed E-state index contributed by atoms with van der Waals surface area (Å²) in [6.07, 6.45) is 0. The van der Waals surface area contributed by atoms with Gasteiger partial charge in [-0.05, 0) is 13.0 Å². The van der Waals surface area contributed by atoms with Crippen LogP contribution in [0, 0.1) is 0 Å². The summed E-state index contributed by atoms with van der Waals surface area (Å²) < 4.78 is 4.82. The Kier molecular flexibility index (Phi) is 3.15. The number of H-pyrrole nitrogens is 1. The van der Waals surface area contributed by atoms with Gasteiger partial charge in [0.2, 0.25) is 0 Å². The van der Waals surface area contributed by atoms with E-state index < -0.39 is 5.97 Å². The highest BCUT2D eigenvalue weighted by Gasteiger charge is 2.16. The van der Waals surface area contributed by atoms with E-state index in [0.717, 1.165) is 0 Å². The fourth-order valence-electron chi connectivity index (χ4n) is 1.59. The van der Waals surface area contributed by atoms with E-state index in [4.69, 9.17) is 16.3 Å². The maximum Gasteiger partial charge on any atom is 0.356 e. The highest BCUT2D eigenvalue weighted by Crippen LogP contribution is 2.23. The topological polar surface area (TPSA) is 59.2 Å². The van der Waals surface area contributed by atoms with Gasteiger partial charge in [0, 0.05) is 10.8 Å². The Morgan fingerprint density at radius 2 is 2.00 bits per heavy atom. The lowest BCUT2D eigenvalue weighted by atomic mass is 10.1. The molecule has 17 heavy (non-hydrogen) atoms. The van der Waals surface area contributed by atoms with E-state index >= 15 is 0 Å². The molecular weight excluding hydrogens is 242 g/mol. The molecule has 0 unspecified atom stereocenters. The van der Waals surface area contributed by atoms with E-state index in [9.17, 15) is 9.59 Å². The molecule has 4 nitrogen and oxygen atoms in total. The molecule has 0 amide bonds. The van der Waals surface area contributed by atoms with E-state index in [2.05, 4.69) is 4.98 Å². The number of nitrogens with one attached hydrogen (secondary N) is 1. The number of halogens is 1. The number of hydrogen-bond acceptors (Lipinski definition) is 3. The van der Waals surface area contributed by atoms with Gasteiger partial charge < -0.3 is 9.72 Å². The zero-order valence-electron chi connectivity index (χ0n) is 9.12. The number of carbonyl (C=O) groups excluding carboxylic acids is 1. The molecule has 5 heteroatoms. The van der Waals surface area contributed by atoms with Gasteiger partial charge in [0.25, 0.3) is 5.56 Å². The molecule has 0 atom stereocenters. The molecule has 1 N–H and O–H groups in total. The quantitative estimate of drug-likeness (QED) is 0.834. The van der Waals surface area contributed by atoms with Crippen molar-refractivity contribution < 1.29 is 9.53 Å². The average Bonchev–Trinajstić information content (AvgIpc) is 2.34. The lowest BCUT2D eigenvalue weighted by Crippen LogP contribution is -2.16. The van der Waals surface area contributed by atoms with E-state index in [1.54, 1.807) is 31.2 Å². The van der Waals surface area contributed by atoms with Gasteiger partial charge in [-0.15, -0.1) is 0 Å². The Hall–Kier alpha value is -1.81. The van der Waals surface area contributed by atoms with Crippen LogP contribution < -0.4 is 5.56 Å². The van der Waals surface area contributed by atoms with Crippen LogP contribution in [0.5, 0.6) is 0 Å². The zero-order chi connectivity index (χ0) is 12.4.